The molecule has 6 atom stereocenters. The van der Waals surface area contributed by atoms with Crippen LogP contribution in [0.4, 0.5) is 0 Å². The summed E-state index contributed by atoms with van der Waals surface area (Å²) in [7, 11) is 2.94. The third-order valence-corrected chi connectivity index (χ3v) is 8.24. The number of likely N-dealkylation sites (N-methyl/N-ethyl adjacent to an activating group) is 1. The molecular formula is C27H34N2O8. The highest BCUT2D eigenvalue weighted by molar-refractivity contribution is 6.24. The van der Waals surface area contributed by atoms with Crippen LogP contribution >= 0.6 is 0 Å². The van der Waals surface area contributed by atoms with Gasteiger partial charge < -0.3 is 31.3 Å². The zero-order chi connectivity index (χ0) is 28.1. The molecule has 0 bridgehead atoms. The number of phenolic OH excluding ortho intramolecular Hbond substituents is 1. The van der Waals surface area contributed by atoms with E-state index in [1.165, 1.54) is 19.0 Å². The van der Waals surface area contributed by atoms with Gasteiger partial charge in [-0.05, 0) is 43.5 Å². The van der Waals surface area contributed by atoms with E-state index in [0.717, 1.165) is 5.56 Å². The van der Waals surface area contributed by atoms with Gasteiger partial charge in [0, 0.05) is 17.1 Å². The number of ketones is 2. The molecule has 10 nitrogen and oxygen atoms in total. The second-order valence-electron chi connectivity index (χ2n) is 11.7. The number of hydrogen-bond acceptors (Lipinski definition) is 9. The minimum Gasteiger partial charge on any atom is -0.508 e. The average Bonchev–Trinajstić information content (AvgIpc) is 2.76. The van der Waals surface area contributed by atoms with E-state index in [4.69, 9.17) is 5.73 Å². The van der Waals surface area contributed by atoms with Gasteiger partial charge in [0.15, 0.2) is 11.4 Å². The molecule has 4 rings (SSSR count). The first-order valence-electron chi connectivity index (χ1n) is 12.1. The van der Waals surface area contributed by atoms with Crippen LogP contribution in [-0.2, 0) is 19.8 Å². The van der Waals surface area contributed by atoms with Crippen LogP contribution in [0, 0.1) is 18.8 Å². The lowest BCUT2D eigenvalue weighted by Crippen LogP contribution is -2.70. The zero-order valence-corrected chi connectivity index (χ0v) is 21.9. The molecule has 3 aliphatic carbocycles. The summed E-state index contributed by atoms with van der Waals surface area (Å²) >= 11 is 0. The molecule has 1 unspecified atom stereocenters. The zero-order valence-electron chi connectivity index (χ0n) is 21.9. The summed E-state index contributed by atoms with van der Waals surface area (Å²) in [6, 6.07) is 0.425. The molecule has 0 heterocycles. The van der Waals surface area contributed by atoms with Crippen molar-refractivity contribution in [1.82, 2.24) is 4.90 Å². The molecule has 1 aromatic carbocycles. The number of amides is 1. The van der Waals surface area contributed by atoms with Crippen LogP contribution in [0.1, 0.15) is 55.9 Å². The lowest BCUT2D eigenvalue weighted by Gasteiger charge is -2.54. The lowest BCUT2D eigenvalue weighted by atomic mass is 9.54. The highest BCUT2D eigenvalue weighted by atomic mass is 16.4. The van der Waals surface area contributed by atoms with Crippen LogP contribution in [0.15, 0.2) is 23.0 Å². The number of nitrogens with two attached hydrogens (primary N) is 1. The second-order valence-corrected chi connectivity index (χ2v) is 11.7. The van der Waals surface area contributed by atoms with Gasteiger partial charge >= 0.3 is 0 Å². The highest BCUT2D eigenvalue weighted by Crippen LogP contribution is 2.57. The minimum atomic E-state index is -2.92. The van der Waals surface area contributed by atoms with Gasteiger partial charge in [0.25, 0.3) is 5.91 Å². The number of phenols is 1. The van der Waals surface area contributed by atoms with E-state index in [2.05, 4.69) is 0 Å². The molecule has 0 saturated heterocycles. The van der Waals surface area contributed by atoms with Gasteiger partial charge in [-0.3, -0.25) is 19.3 Å². The third-order valence-electron chi connectivity index (χ3n) is 8.24. The SMILES string of the molecule is Cc1cc(C(C)(C)C)c(O)c2c1[C@H](C)[C@@H]1C(=C2O)C(=O)[C@]2(O)C(O)=C(C(N)=O)C(=O)C(N(C)C)[C@@H]2[C@H]1O. The summed E-state index contributed by atoms with van der Waals surface area (Å²) in [5.41, 5.74) is 2.35. The number of nitrogens with zero attached hydrogens (tertiary/aromatic N) is 1. The molecular weight excluding hydrogens is 480 g/mol. The van der Waals surface area contributed by atoms with Gasteiger partial charge in [-0.15, -0.1) is 0 Å². The quantitative estimate of drug-likeness (QED) is 0.315. The fraction of sp³-hybridized carbons (Fsp3) is 0.519. The van der Waals surface area contributed by atoms with E-state index in [1.54, 1.807) is 19.9 Å². The number of aryl methyl sites for hydroxylation is 1. The molecule has 1 amide bonds. The van der Waals surface area contributed by atoms with Crippen molar-refractivity contribution in [3.63, 3.8) is 0 Å². The van der Waals surface area contributed by atoms with Crippen LogP contribution in [0.25, 0.3) is 5.76 Å². The first-order valence-corrected chi connectivity index (χ1v) is 12.1. The average molecular weight is 515 g/mol. The molecule has 3 aliphatic rings. The molecule has 1 aromatic rings. The summed E-state index contributed by atoms with van der Waals surface area (Å²) < 4.78 is 0. The van der Waals surface area contributed by atoms with Gasteiger partial charge in [0.2, 0.25) is 5.78 Å². The first-order chi connectivity index (χ1) is 16.9. The topological polar surface area (TPSA) is 182 Å². The maximum Gasteiger partial charge on any atom is 0.255 e. The fourth-order valence-corrected chi connectivity index (χ4v) is 6.59. The van der Waals surface area contributed by atoms with Crippen molar-refractivity contribution in [3.05, 3.63) is 45.2 Å². The fourth-order valence-electron chi connectivity index (χ4n) is 6.59. The van der Waals surface area contributed by atoms with Crippen molar-refractivity contribution >= 4 is 23.2 Å². The highest BCUT2D eigenvalue weighted by Gasteiger charge is 2.68. The maximum atomic E-state index is 14.0. The molecule has 0 radical (unpaired) electrons. The summed E-state index contributed by atoms with van der Waals surface area (Å²) in [4.78, 5) is 40.7. The molecule has 0 aliphatic heterocycles. The maximum absolute atomic E-state index is 14.0. The third kappa shape index (κ3) is 3.32. The van der Waals surface area contributed by atoms with Crippen LogP contribution in [0.5, 0.6) is 5.75 Å². The number of aromatic hydroxyl groups is 1. The molecule has 10 heteroatoms. The summed E-state index contributed by atoms with van der Waals surface area (Å²) in [5, 5.41) is 57.1. The Balaban J connectivity index is 2.10. The van der Waals surface area contributed by atoms with Crippen LogP contribution in [0.2, 0.25) is 0 Å². The van der Waals surface area contributed by atoms with E-state index in [0.29, 0.717) is 11.1 Å². The molecule has 1 saturated carbocycles. The van der Waals surface area contributed by atoms with E-state index < -0.39 is 81.1 Å². The smallest absolute Gasteiger partial charge is 0.255 e. The van der Waals surface area contributed by atoms with E-state index >= 15 is 0 Å². The van der Waals surface area contributed by atoms with Crippen molar-refractivity contribution in [2.24, 2.45) is 17.6 Å². The number of rotatable bonds is 2. The first kappa shape index (κ1) is 26.8. The number of Topliss-reactive ketones (excluding diaryl/α,β-unsaturated/α-hetero) is 2. The molecule has 200 valence electrons. The van der Waals surface area contributed by atoms with Crippen molar-refractivity contribution in [2.45, 2.75) is 63.7 Å². The van der Waals surface area contributed by atoms with Gasteiger partial charge in [-0.25, -0.2) is 0 Å². The Morgan fingerprint density at radius 2 is 1.70 bits per heavy atom. The number of primary amides is 1. The Morgan fingerprint density at radius 3 is 2.19 bits per heavy atom. The second kappa shape index (κ2) is 8.14. The van der Waals surface area contributed by atoms with Gasteiger partial charge in [-0.2, -0.15) is 0 Å². The van der Waals surface area contributed by atoms with Crippen LogP contribution in [0.3, 0.4) is 0 Å². The number of aliphatic hydroxyl groups is 4. The predicted octanol–water partition coefficient (Wildman–Crippen LogP) is 1.10. The standard InChI is InChI=1S/C27H34N2O8/c1-9-8-11(26(3,4)5)19(30)14-12(9)10(2)13-15(20(14)31)23(34)27(37)17(21(13)32)18(29(6)7)22(33)16(24(27)35)25(28)36/h8,10,13,17-18,21,30-32,35,37H,1-7H3,(H2,28,36)/t10-,13+,17+,18?,21-,27-/m0/s1. The Kier molecular flexibility index (Phi) is 5.91. The van der Waals surface area contributed by atoms with Crippen molar-refractivity contribution in [3.8, 4) is 5.75 Å². The number of fused-ring (bicyclic) bond motifs is 3. The van der Waals surface area contributed by atoms with Crippen molar-refractivity contribution in [2.75, 3.05) is 14.1 Å². The summed E-state index contributed by atoms with van der Waals surface area (Å²) in [5.74, 6) is -8.84. The minimum absolute atomic E-state index is 0.0147. The lowest BCUT2D eigenvalue weighted by molar-refractivity contribution is -0.169. The Morgan fingerprint density at radius 1 is 1.14 bits per heavy atom. The monoisotopic (exact) mass is 514 g/mol. The van der Waals surface area contributed by atoms with Crippen molar-refractivity contribution < 1.29 is 39.9 Å². The van der Waals surface area contributed by atoms with Crippen LogP contribution in [-0.4, -0.2) is 79.7 Å². The predicted molar refractivity (Wildman–Crippen MR) is 134 cm³/mol. The number of carbonyl (C=O) groups excluding carboxylic acids is 3. The molecule has 0 aromatic heterocycles. The Hall–Kier alpha value is -3.21. The van der Waals surface area contributed by atoms with Crippen LogP contribution < -0.4 is 5.73 Å². The number of carbonyl (C=O) groups is 3. The van der Waals surface area contributed by atoms with E-state index in [1.807, 2.05) is 20.8 Å². The number of benzene rings is 1. The normalized spacial score (nSPS) is 31.9. The van der Waals surface area contributed by atoms with Crippen molar-refractivity contribution in [1.29, 1.82) is 0 Å². The Bertz CT molecular complexity index is 1320. The summed E-state index contributed by atoms with van der Waals surface area (Å²) in [6.07, 6.45) is -1.61. The van der Waals surface area contributed by atoms with Gasteiger partial charge in [-0.1, -0.05) is 33.8 Å². The number of aliphatic hydroxyl groups excluding tert-OH is 3. The largest absolute Gasteiger partial charge is 0.508 e. The van der Waals surface area contributed by atoms with Gasteiger partial charge in [0.1, 0.15) is 22.8 Å². The number of hydrogen-bond donors (Lipinski definition) is 6. The molecule has 0 spiro atoms. The molecule has 37 heavy (non-hydrogen) atoms. The van der Waals surface area contributed by atoms with E-state index in [9.17, 15) is 39.9 Å². The van der Waals surface area contributed by atoms with E-state index in [-0.39, 0.29) is 11.3 Å². The Labute approximate surface area is 214 Å². The summed E-state index contributed by atoms with van der Waals surface area (Å²) in [6.45, 7) is 9.16. The van der Waals surface area contributed by atoms with Gasteiger partial charge in [0.05, 0.1) is 23.6 Å². The molecule has 7 N–H and O–H groups in total. The molecule has 1 fully saturated rings.